The zero-order valence-corrected chi connectivity index (χ0v) is 19.7. The number of nitrogens with one attached hydrogen (secondary N) is 2. The van der Waals surface area contributed by atoms with Crippen LogP contribution in [0.2, 0.25) is 0 Å². The minimum Gasteiger partial charge on any atom is -0.493 e. The Balaban J connectivity index is 1.61. The van der Waals surface area contributed by atoms with Gasteiger partial charge >= 0.3 is 0 Å². The monoisotopic (exact) mass is 441 g/mol. The molecule has 2 aromatic rings. The topological polar surface area (TPSA) is 73.3 Å². The molecule has 0 radical (unpaired) electrons. The highest BCUT2D eigenvalue weighted by Gasteiger charge is 2.27. The third-order valence-corrected chi connectivity index (χ3v) is 5.79. The van der Waals surface area contributed by atoms with Crippen LogP contribution in [-0.2, 0) is 11.3 Å². The van der Waals surface area contributed by atoms with E-state index in [0.717, 1.165) is 37.5 Å². The summed E-state index contributed by atoms with van der Waals surface area (Å²) < 4.78 is 22.4. The van der Waals surface area contributed by atoms with Crippen molar-refractivity contribution >= 4 is 5.96 Å². The molecular weight excluding hydrogens is 406 g/mol. The Morgan fingerprint density at radius 1 is 1.03 bits per heavy atom. The number of ether oxygens (including phenoxy) is 4. The number of methoxy groups -OCH3 is 3. The number of guanidine groups is 1. The molecule has 1 fully saturated rings. The summed E-state index contributed by atoms with van der Waals surface area (Å²) in [6.45, 7) is 4.27. The summed E-state index contributed by atoms with van der Waals surface area (Å²) in [5.41, 5.74) is 3.50. The van der Waals surface area contributed by atoms with Crippen molar-refractivity contribution in [3.05, 3.63) is 53.1 Å². The molecular formula is C25H35N3O4. The van der Waals surface area contributed by atoms with E-state index in [9.17, 15) is 0 Å². The van der Waals surface area contributed by atoms with E-state index in [1.807, 2.05) is 12.1 Å². The molecule has 7 heteroatoms. The maximum Gasteiger partial charge on any atom is 0.203 e. The van der Waals surface area contributed by atoms with Gasteiger partial charge in [-0.05, 0) is 43.0 Å². The summed E-state index contributed by atoms with van der Waals surface area (Å²) in [6.07, 6.45) is 2.30. The highest BCUT2D eigenvalue weighted by molar-refractivity contribution is 5.79. The number of hydrogen-bond acceptors (Lipinski definition) is 5. The van der Waals surface area contributed by atoms with Crippen LogP contribution in [0.25, 0.3) is 0 Å². The largest absolute Gasteiger partial charge is 0.493 e. The molecule has 1 saturated heterocycles. The van der Waals surface area contributed by atoms with Crippen LogP contribution in [0.15, 0.2) is 41.4 Å². The predicted molar refractivity (Wildman–Crippen MR) is 127 cm³/mol. The van der Waals surface area contributed by atoms with Gasteiger partial charge in [0, 0.05) is 32.7 Å². The number of hydrogen-bond donors (Lipinski definition) is 2. The van der Waals surface area contributed by atoms with Crippen molar-refractivity contribution in [1.82, 2.24) is 10.6 Å². The van der Waals surface area contributed by atoms with E-state index in [-0.39, 0.29) is 6.10 Å². The molecule has 0 bridgehead atoms. The molecule has 0 aliphatic carbocycles. The van der Waals surface area contributed by atoms with Gasteiger partial charge in [-0.1, -0.05) is 29.8 Å². The fourth-order valence-electron chi connectivity index (χ4n) is 4.05. The van der Waals surface area contributed by atoms with Gasteiger partial charge in [0.1, 0.15) is 0 Å². The lowest BCUT2D eigenvalue weighted by Crippen LogP contribution is -2.41. The van der Waals surface area contributed by atoms with Gasteiger partial charge < -0.3 is 29.6 Å². The van der Waals surface area contributed by atoms with Crippen LogP contribution in [0, 0.1) is 12.8 Å². The van der Waals surface area contributed by atoms with E-state index in [2.05, 4.69) is 46.8 Å². The van der Waals surface area contributed by atoms with Gasteiger partial charge in [-0.3, -0.25) is 4.99 Å². The summed E-state index contributed by atoms with van der Waals surface area (Å²) in [5.74, 6) is 2.97. The van der Waals surface area contributed by atoms with Crippen LogP contribution >= 0.6 is 0 Å². The summed E-state index contributed by atoms with van der Waals surface area (Å²) in [5, 5.41) is 6.85. The number of aryl methyl sites for hydroxylation is 1. The maximum atomic E-state index is 6.14. The molecule has 1 aliphatic heterocycles. The number of nitrogens with zero attached hydrogens (tertiary/aromatic N) is 1. The van der Waals surface area contributed by atoms with Crippen molar-refractivity contribution in [3.63, 3.8) is 0 Å². The molecule has 0 aromatic heterocycles. The molecule has 2 aromatic carbocycles. The number of aliphatic imine (C=N–C) groups is 1. The first kappa shape index (κ1) is 23.7. The molecule has 1 heterocycles. The molecule has 32 heavy (non-hydrogen) atoms. The molecule has 0 amide bonds. The SMILES string of the molecule is CN=C(NCc1cc(OC)c(OC)c(OC)c1)NCC1CCCOC1c1ccc(C)cc1. The van der Waals surface area contributed by atoms with Crippen LogP contribution in [0.3, 0.4) is 0 Å². The Hall–Kier alpha value is -2.93. The van der Waals surface area contributed by atoms with Crippen molar-refractivity contribution in [2.45, 2.75) is 32.4 Å². The predicted octanol–water partition coefficient (Wildman–Crippen LogP) is 3.85. The lowest BCUT2D eigenvalue weighted by atomic mass is 9.89. The van der Waals surface area contributed by atoms with Gasteiger partial charge in [0.05, 0.1) is 27.4 Å². The smallest absolute Gasteiger partial charge is 0.203 e. The highest BCUT2D eigenvalue weighted by atomic mass is 16.5. The van der Waals surface area contributed by atoms with Gasteiger partial charge in [0.25, 0.3) is 0 Å². The van der Waals surface area contributed by atoms with Crippen LogP contribution < -0.4 is 24.8 Å². The third kappa shape index (κ3) is 5.85. The molecule has 1 aliphatic rings. The van der Waals surface area contributed by atoms with Crippen molar-refractivity contribution < 1.29 is 18.9 Å². The van der Waals surface area contributed by atoms with Gasteiger partial charge in [-0.15, -0.1) is 0 Å². The summed E-state index contributed by atoms with van der Waals surface area (Å²) >= 11 is 0. The van der Waals surface area contributed by atoms with Crippen LogP contribution in [-0.4, -0.2) is 47.5 Å². The van der Waals surface area contributed by atoms with Crippen molar-refractivity contribution in [1.29, 1.82) is 0 Å². The molecule has 7 nitrogen and oxygen atoms in total. The standard InChI is InChI=1S/C25H35N3O4/c1-17-8-10-19(11-9-17)23-20(7-6-12-32-23)16-28-25(26-2)27-15-18-13-21(29-3)24(31-5)22(14-18)30-4/h8-11,13-14,20,23H,6-7,12,15-16H2,1-5H3,(H2,26,27,28). The van der Waals surface area contributed by atoms with Gasteiger partial charge in [-0.25, -0.2) is 0 Å². The third-order valence-electron chi connectivity index (χ3n) is 5.79. The molecule has 2 N–H and O–H groups in total. The first-order valence-electron chi connectivity index (χ1n) is 11.0. The molecule has 3 rings (SSSR count). The maximum absolute atomic E-state index is 6.14. The normalized spacial score (nSPS) is 18.7. The van der Waals surface area contributed by atoms with E-state index in [0.29, 0.717) is 29.7 Å². The van der Waals surface area contributed by atoms with E-state index >= 15 is 0 Å². The van der Waals surface area contributed by atoms with E-state index in [4.69, 9.17) is 18.9 Å². The minimum atomic E-state index is 0.102. The Kier molecular flexibility index (Phi) is 8.62. The summed E-state index contributed by atoms with van der Waals surface area (Å²) in [4.78, 5) is 4.38. The van der Waals surface area contributed by atoms with E-state index in [1.54, 1.807) is 28.4 Å². The summed E-state index contributed by atoms with van der Waals surface area (Å²) in [6, 6.07) is 12.5. The lowest BCUT2D eigenvalue weighted by molar-refractivity contribution is -0.0265. The molecule has 2 unspecified atom stereocenters. The van der Waals surface area contributed by atoms with E-state index in [1.165, 1.54) is 11.1 Å². The van der Waals surface area contributed by atoms with Gasteiger partial charge in [-0.2, -0.15) is 0 Å². The lowest BCUT2D eigenvalue weighted by Gasteiger charge is -2.32. The second-order valence-corrected chi connectivity index (χ2v) is 7.94. The zero-order chi connectivity index (χ0) is 22.9. The quantitative estimate of drug-likeness (QED) is 0.479. The molecule has 0 saturated carbocycles. The van der Waals surface area contributed by atoms with Crippen LogP contribution in [0.1, 0.15) is 35.6 Å². The second kappa shape index (κ2) is 11.6. The Morgan fingerprint density at radius 3 is 2.31 bits per heavy atom. The minimum absolute atomic E-state index is 0.102. The van der Waals surface area contributed by atoms with Crippen molar-refractivity contribution in [2.24, 2.45) is 10.9 Å². The number of benzene rings is 2. The Labute approximate surface area is 191 Å². The van der Waals surface area contributed by atoms with Gasteiger partial charge in [0.15, 0.2) is 17.5 Å². The fourth-order valence-corrected chi connectivity index (χ4v) is 4.05. The summed E-state index contributed by atoms with van der Waals surface area (Å²) in [7, 11) is 6.61. The Morgan fingerprint density at radius 2 is 1.72 bits per heavy atom. The number of rotatable bonds is 8. The van der Waals surface area contributed by atoms with Crippen LogP contribution in [0.4, 0.5) is 0 Å². The second-order valence-electron chi connectivity index (χ2n) is 7.94. The molecule has 0 spiro atoms. The van der Waals surface area contributed by atoms with E-state index < -0.39 is 0 Å². The fraction of sp³-hybridized carbons (Fsp3) is 0.480. The first-order chi connectivity index (χ1) is 15.6. The van der Waals surface area contributed by atoms with Gasteiger partial charge in [0.2, 0.25) is 5.75 Å². The first-order valence-corrected chi connectivity index (χ1v) is 11.0. The highest BCUT2D eigenvalue weighted by Crippen LogP contribution is 2.38. The molecule has 2 atom stereocenters. The zero-order valence-electron chi connectivity index (χ0n) is 19.7. The van der Waals surface area contributed by atoms with Crippen molar-refractivity contribution in [2.75, 3.05) is 41.5 Å². The van der Waals surface area contributed by atoms with Crippen LogP contribution in [0.5, 0.6) is 17.2 Å². The van der Waals surface area contributed by atoms with Crippen molar-refractivity contribution in [3.8, 4) is 17.2 Å². The average Bonchev–Trinajstić information content (AvgIpc) is 2.84. The molecule has 174 valence electrons. The average molecular weight is 442 g/mol. The Bertz CT molecular complexity index is 874.